The van der Waals surface area contributed by atoms with Crippen molar-refractivity contribution in [2.45, 2.75) is 18.3 Å². The van der Waals surface area contributed by atoms with Crippen LogP contribution in [-0.4, -0.2) is 37.3 Å². The van der Waals surface area contributed by atoms with Gasteiger partial charge in [0.15, 0.2) is 0 Å². The molecule has 0 aromatic heterocycles. The van der Waals surface area contributed by atoms with Crippen LogP contribution in [-0.2, 0) is 0 Å². The molecule has 2 N–H and O–H groups in total. The average Bonchev–Trinajstić information content (AvgIpc) is 2.39. The fourth-order valence-corrected chi connectivity index (χ4v) is 2.11. The summed E-state index contributed by atoms with van der Waals surface area (Å²) in [4.78, 5) is 0. The van der Waals surface area contributed by atoms with Crippen LogP contribution in [0.15, 0.2) is 24.3 Å². The molecule has 5 heteroatoms. The normalized spacial score (nSPS) is 19.2. The minimum absolute atomic E-state index is 0.185. The van der Waals surface area contributed by atoms with E-state index in [1.807, 2.05) is 24.3 Å². The molecular weight excluding hydrogens is 240 g/mol. The van der Waals surface area contributed by atoms with E-state index in [1.165, 1.54) is 0 Å². The molecular formula is C13H17F2NO2. The molecule has 0 bridgehead atoms. The molecule has 0 saturated carbocycles. The zero-order chi connectivity index (χ0) is 13.0. The third-order valence-corrected chi connectivity index (χ3v) is 3.09. The number of ether oxygens (including phenoxy) is 1. The van der Waals surface area contributed by atoms with Gasteiger partial charge in [-0.15, -0.1) is 0 Å². The topological polar surface area (TPSA) is 41.5 Å². The van der Waals surface area contributed by atoms with Crippen molar-refractivity contribution < 1.29 is 18.6 Å². The van der Waals surface area contributed by atoms with Crippen molar-refractivity contribution in [3.63, 3.8) is 0 Å². The fourth-order valence-electron chi connectivity index (χ4n) is 2.11. The number of aliphatic hydroxyl groups is 1. The Hall–Kier alpha value is -1.20. The van der Waals surface area contributed by atoms with Gasteiger partial charge >= 0.3 is 0 Å². The number of aliphatic hydroxyl groups excluding tert-OH is 1. The summed E-state index contributed by atoms with van der Waals surface area (Å²) in [7, 11) is 0. The Morgan fingerprint density at radius 2 is 2.17 bits per heavy atom. The number of para-hydroxylation sites is 1. The Morgan fingerprint density at radius 3 is 2.94 bits per heavy atom. The number of fused-ring (bicyclic) bond motifs is 1. The predicted molar refractivity (Wildman–Crippen MR) is 64.2 cm³/mol. The first-order valence-electron chi connectivity index (χ1n) is 6.03. The number of benzene rings is 1. The summed E-state index contributed by atoms with van der Waals surface area (Å²) >= 11 is 0. The van der Waals surface area contributed by atoms with E-state index >= 15 is 0 Å². The van der Waals surface area contributed by atoms with E-state index in [-0.39, 0.29) is 5.92 Å². The van der Waals surface area contributed by atoms with Gasteiger partial charge in [0.2, 0.25) is 0 Å². The van der Waals surface area contributed by atoms with Gasteiger partial charge in [0.1, 0.15) is 12.4 Å². The lowest BCUT2D eigenvalue weighted by atomic mass is 9.93. The first-order chi connectivity index (χ1) is 8.62. The predicted octanol–water partition coefficient (Wildman–Crippen LogP) is 1.77. The quantitative estimate of drug-likeness (QED) is 0.844. The molecule has 0 spiro atoms. The van der Waals surface area contributed by atoms with Crippen molar-refractivity contribution in [2.75, 3.05) is 26.3 Å². The van der Waals surface area contributed by atoms with Crippen molar-refractivity contribution in [2.24, 2.45) is 0 Å². The van der Waals surface area contributed by atoms with Crippen molar-refractivity contribution >= 4 is 0 Å². The molecule has 1 aromatic rings. The zero-order valence-electron chi connectivity index (χ0n) is 10.0. The molecule has 0 radical (unpaired) electrons. The summed E-state index contributed by atoms with van der Waals surface area (Å²) in [6.45, 7) is -0.539. The van der Waals surface area contributed by atoms with Gasteiger partial charge in [0.25, 0.3) is 5.92 Å². The largest absolute Gasteiger partial charge is 0.493 e. The third-order valence-electron chi connectivity index (χ3n) is 3.09. The Labute approximate surface area is 105 Å². The molecule has 1 heterocycles. The van der Waals surface area contributed by atoms with Crippen LogP contribution in [0.5, 0.6) is 5.75 Å². The number of nitrogens with one attached hydrogen (secondary N) is 1. The van der Waals surface area contributed by atoms with Crippen molar-refractivity contribution in [1.82, 2.24) is 5.32 Å². The maximum atomic E-state index is 12.9. The highest BCUT2D eigenvalue weighted by Crippen LogP contribution is 2.32. The summed E-state index contributed by atoms with van der Waals surface area (Å²) < 4.78 is 31.2. The number of hydrogen-bond donors (Lipinski definition) is 2. The summed E-state index contributed by atoms with van der Waals surface area (Å²) in [6.07, 6.45) is 0.814. The number of rotatable bonds is 5. The fraction of sp³-hybridized carbons (Fsp3) is 0.538. The molecule has 0 unspecified atom stereocenters. The number of hydrogen-bond acceptors (Lipinski definition) is 3. The molecule has 1 atom stereocenters. The van der Waals surface area contributed by atoms with Gasteiger partial charge in [-0.1, -0.05) is 18.2 Å². The minimum atomic E-state index is -3.05. The van der Waals surface area contributed by atoms with E-state index in [1.54, 1.807) is 0 Å². The van der Waals surface area contributed by atoms with Crippen LogP contribution in [0.1, 0.15) is 17.9 Å². The van der Waals surface area contributed by atoms with Gasteiger partial charge in [0.05, 0.1) is 13.2 Å². The van der Waals surface area contributed by atoms with Crippen LogP contribution in [0, 0.1) is 0 Å². The Kier molecular flexibility index (Phi) is 4.14. The molecule has 0 fully saturated rings. The van der Waals surface area contributed by atoms with Gasteiger partial charge < -0.3 is 15.2 Å². The van der Waals surface area contributed by atoms with Gasteiger partial charge in [-0.25, -0.2) is 8.78 Å². The lowest BCUT2D eigenvalue weighted by Gasteiger charge is -2.26. The Bertz CT molecular complexity index is 398. The first kappa shape index (κ1) is 13.2. The molecule has 1 aromatic carbocycles. The van der Waals surface area contributed by atoms with E-state index < -0.39 is 19.1 Å². The van der Waals surface area contributed by atoms with E-state index in [9.17, 15) is 8.78 Å². The van der Waals surface area contributed by atoms with E-state index in [0.29, 0.717) is 13.2 Å². The van der Waals surface area contributed by atoms with Crippen LogP contribution in [0.3, 0.4) is 0 Å². The van der Waals surface area contributed by atoms with Crippen LogP contribution >= 0.6 is 0 Å². The van der Waals surface area contributed by atoms with E-state index in [4.69, 9.17) is 9.84 Å². The second-order valence-electron chi connectivity index (χ2n) is 4.52. The highest BCUT2D eigenvalue weighted by Gasteiger charge is 2.28. The summed E-state index contributed by atoms with van der Waals surface area (Å²) in [5.74, 6) is -2.03. The van der Waals surface area contributed by atoms with Gasteiger partial charge in [0, 0.05) is 12.5 Å². The lowest BCUT2D eigenvalue weighted by Crippen LogP contribution is -2.38. The van der Waals surface area contributed by atoms with Crippen LogP contribution in [0.2, 0.25) is 0 Å². The van der Waals surface area contributed by atoms with Crippen LogP contribution < -0.4 is 10.1 Å². The molecule has 3 nitrogen and oxygen atoms in total. The lowest BCUT2D eigenvalue weighted by molar-refractivity contribution is -0.0477. The van der Waals surface area contributed by atoms with E-state index in [0.717, 1.165) is 17.7 Å². The maximum Gasteiger partial charge on any atom is 0.282 e. The van der Waals surface area contributed by atoms with Gasteiger partial charge in [-0.3, -0.25) is 0 Å². The molecule has 0 amide bonds. The van der Waals surface area contributed by atoms with Crippen LogP contribution in [0.25, 0.3) is 0 Å². The smallest absolute Gasteiger partial charge is 0.282 e. The molecule has 1 aliphatic rings. The zero-order valence-corrected chi connectivity index (χ0v) is 10.0. The third kappa shape index (κ3) is 3.17. The highest BCUT2D eigenvalue weighted by atomic mass is 19.3. The molecule has 100 valence electrons. The minimum Gasteiger partial charge on any atom is -0.493 e. The summed E-state index contributed by atoms with van der Waals surface area (Å²) in [5.41, 5.74) is 1.06. The number of alkyl halides is 2. The van der Waals surface area contributed by atoms with Gasteiger partial charge in [-0.2, -0.15) is 0 Å². The second kappa shape index (κ2) is 5.63. The molecule has 18 heavy (non-hydrogen) atoms. The Morgan fingerprint density at radius 1 is 1.39 bits per heavy atom. The van der Waals surface area contributed by atoms with Crippen molar-refractivity contribution in [1.29, 1.82) is 0 Å². The average molecular weight is 257 g/mol. The molecule has 0 aliphatic carbocycles. The molecule has 0 saturated heterocycles. The maximum absolute atomic E-state index is 12.9. The molecule has 2 rings (SSSR count). The highest BCUT2D eigenvalue weighted by molar-refractivity contribution is 5.37. The second-order valence-corrected chi connectivity index (χ2v) is 4.52. The van der Waals surface area contributed by atoms with Gasteiger partial charge in [-0.05, 0) is 18.1 Å². The SMILES string of the molecule is OCC(F)(F)CNC[C@H]1CCOc2ccccc21. The van der Waals surface area contributed by atoms with E-state index in [2.05, 4.69) is 5.32 Å². The van der Waals surface area contributed by atoms with Crippen molar-refractivity contribution in [3.05, 3.63) is 29.8 Å². The number of halogens is 2. The Balaban J connectivity index is 1.92. The van der Waals surface area contributed by atoms with Crippen LogP contribution in [0.4, 0.5) is 8.78 Å². The summed E-state index contributed by atoms with van der Waals surface area (Å²) in [6, 6.07) is 7.67. The monoisotopic (exact) mass is 257 g/mol. The summed E-state index contributed by atoms with van der Waals surface area (Å²) in [5, 5.41) is 11.2. The standard InChI is InChI=1S/C13H17F2NO2/c14-13(15,9-17)8-16-7-10-5-6-18-12-4-2-1-3-11(10)12/h1-4,10,16-17H,5-9H2/t10-/m1/s1. The van der Waals surface area contributed by atoms with Crippen molar-refractivity contribution in [3.8, 4) is 5.75 Å². The first-order valence-corrected chi connectivity index (χ1v) is 6.03. The molecule has 1 aliphatic heterocycles.